The Balaban J connectivity index is 1.89. The van der Waals surface area contributed by atoms with Crippen molar-refractivity contribution in [1.82, 2.24) is 4.98 Å². The highest BCUT2D eigenvalue weighted by Crippen LogP contribution is 2.23. The summed E-state index contributed by atoms with van der Waals surface area (Å²) in [5.74, 6) is -0.0142. The van der Waals surface area contributed by atoms with Gasteiger partial charge in [0.2, 0.25) is 0 Å². The number of nitrogens with zero attached hydrogens (tertiary/aromatic N) is 2. The van der Waals surface area contributed by atoms with E-state index in [1.54, 1.807) is 6.07 Å². The van der Waals surface area contributed by atoms with Crippen LogP contribution in [-0.4, -0.2) is 21.4 Å². The highest BCUT2D eigenvalue weighted by molar-refractivity contribution is 5.92. The van der Waals surface area contributed by atoms with Gasteiger partial charge in [-0.05, 0) is 31.2 Å². The summed E-state index contributed by atoms with van der Waals surface area (Å²) in [6.45, 7) is 1.92. The number of nitrogens with one attached hydrogen (secondary N) is 1. The molecule has 0 radical (unpaired) electrons. The number of phenols is 2. The van der Waals surface area contributed by atoms with Crippen molar-refractivity contribution in [3.8, 4) is 11.5 Å². The monoisotopic (exact) mass is 293 g/mol. The van der Waals surface area contributed by atoms with E-state index in [4.69, 9.17) is 0 Å². The van der Waals surface area contributed by atoms with Gasteiger partial charge in [0.25, 0.3) is 0 Å². The zero-order valence-electron chi connectivity index (χ0n) is 12.0. The molecule has 0 unspecified atom stereocenters. The highest BCUT2D eigenvalue weighted by Gasteiger charge is 2.03. The molecule has 22 heavy (non-hydrogen) atoms. The maximum Gasteiger partial charge on any atom is 0.128 e. The van der Waals surface area contributed by atoms with Crippen molar-refractivity contribution in [3.05, 3.63) is 59.8 Å². The first-order chi connectivity index (χ1) is 10.6. The van der Waals surface area contributed by atoms with E-state index in [1.807, 2.05) is 37.3 Å². The van der Waals surface area contributed by atoms with Crippen molar-refractivity contribution in [2.75, 3.05) is 5.43 Å². The van der Waals surface area contributed by atoms with Crippen LogP contribution in [0.2, 0.25) is 0 Å². The molecule has 5 heteroatoms. The fourth-order valence-electron chi connectivity index (χ4n) is 2.21. The quantitative estimate of drug-likeness (QED) is 0.511. The molecule has 0 spiro atoms. The largest absolute Gasteiger partial charge is 0.508 e. The molecule has 2 aromatic carbocycles. The van der Waals surface area contributed by atoms with Crippen LogP contribution in [0.1, 0.15) is 11.3 Å². The first-order valence-corrected chi connectivity index (χ1v) is 6.81. The van der Waals surface area contributed by atoms with Gasteiger partial charge in [0.1, 0.15) is 11.5 Å². The predicted molar refractivity (Wildman–Crippen MR) is 87.5 cm³/mol. The summed E-state index contributed by atoms with van der Waals surface area (Å²) in [7, 11) is 0. The molecule has 0 aliphatic rings. The van der Waals surface area contributed by atoms with Crippen LogP contribution in [0.25, 0.3) is 10.9 Å². The third-order valence-electron chi connectivity index (χ3n) is 3.25. The van der Waals surface area contributed by atoms with Crippen molar-refractivity contribution < 1.29 is 10.2 Å². The Morgan fingerprint density at radius 2 is 1.91 bits per heavy atom. The lowest BCUT2D eigenvalue weighted by Crippen LogP contribution is -1.94. The smallest absolute Gasteiger partial charge is 0.128 e. The standard InChI is InChI=1S/C17H15N3O2/c1-11-8-16(14-4-2-3-5-15(14)19-11)20-18-10-12-6-7-13(21)9-17(12)22/h2-10,21-22H,1H3,(H,19,20)/b18-10+. The van der Waals surface area contributed by atoms with Gasteiger partial charge < -0.3 is 10.2 Å². The lowest BCUT2D eigenvalue weighted by Gasteiger charge is -2.07. The maximum absolute atomic E-state index is 9.72. The number of aromatic nitrogens is 1. The molecule has 1 heterocycles. The average Bonchev–Trinajstić information content (AvgIpc) is 2.49. The Bertz CT molecular complexity index is 860. The fraction of sp³-hybridized carbons (Fsp3) is 0.0588. The molecule has 0 fully saturated rings. The van der Waals surface area contributed by atoms with E-state index < -0.39 is 0 Å². The van der Waals surface area contributed by atoms with Crippen LogP contribution in [0, 0.1) is 6.92 Å². The van der Waals surface area contributed by atoms with Crippen LogP contribution in [0.4, 0.5) is 5.69 Å². The number of benzene rings is 2. The predicted octanol–water partition coefficient (Wildman–Crippen LogP) is 3.40. The van der Waals surface area contributed by atoms with E-state index in [1.165, 1.54) is 18.3 Å². The fourth-order valence-corrected chi connectivity index (χ4v) is 2.21. The molecule has 3 aromatic rings. The van der Waals surface area contributed by atoms with Crippen molar-refractivity contribution in [2.24, 2.45) is 5.10 Å². The molecule has 3 N–H and O–H groups in total. The second-order valence-electron chi connectivity index (χ2n) is 4.94. The van der Waals surface area contributed by atoms with Gasteiger partial charge in [-0.2, -0.15) is 5.10 Å². The minimum atomic E-state index is -0.0266. The zero-order chi connectivity index (χ0) is 15.5. The van der Waals surface area contributed by atoms with Gasteiger partial charge in [0, 0.05) is 22.7 Å². The molecular weight excluding hydrogens is 278 g/mol. The number of phenolic OH excluding ortho intramolecular Hbond substituents is 2. The number of aryl methyl sites for hydroxylation is 1. The van der Waals surface area contributed by atoms with Crippen LogP contribution >= 0.6 is 0 Å². The molecule has 0 aliphatic heterocycles. The van der Waals surface area contributed by atoms with Gasteiger partial charge >= 0.3 is 0 Å². The molecule has 0 atom stereocenters. The van der Waals surface area contributed by atoms with E-state index in [0.717, 1.165) is 22.3 Å². The Labute approximate surface area is 127 Å². The molecule has 3 rings (SSSR count). The van der Waals surface area contributed by atoms with E-state index in [2.05, 4.69) is 15.5 Å². The molecule has 0 saturated carbocycles. The summed E-state index contributed by atoms with van der Waals surface area (Å²) >= 11 is 0. The average molecular weight is 293 g/mol. The number of hydrogen-bond donors (Lipinski definition) is 3. The molecule has 1 aromatic heterocycles. The number of fused-ring (bicyclic) bond motifs is 1. The van der Waals surface area contributed by atoms with Crippen molar-refractivity contribution in [2.45, 2.75) is 6.92 Å². The number of rotatable bonds is 3. The highest BCUT2D eigenvalue weighted by atomic mass is 16.3. The van der Waals surface area contributed by atoms with E-state index in [-0.39, 0.29) is 11.5 Å². The minimum Gasteiger partial charge on any atom is -0.508 e. The normalized spacial score (nSPS) is 11.1. The summed E-state index contributed by atoms with van der Waals surface area (Å²) in [6, 6.07) is 14.1. The third kappa shape index (κ3) is 2.83. The Kier molecular flexibility index (Phi) is 3.62. The SMILES string of the molecule is Cc1cc(N/N=C/c2ccc(O)cc2O)c2ccccc2n1. The summed E-state index contributed by atoms with van der Waals surface area (Å²) in [5.41, 5.74) is 6.12. The summed E-state index contributed by atoms with van der Waals surface area (Å²) in [6.07, 6.45) is 1.50. The number of hydrogen-bond acceptors (Lipinski definition) is 5. The van der Waals surface area contributed by atoms with Gasteiger partial charge in [0.05, 0.1) is 17.4 Å². The topological polar surface area (TPSA) is 77.7 Å². The van der Waals surface area contributed by atoms with Crippen LogP contribution in [0.3, 0.4) is 0 Å². The maximum atomic E-state index is 9.72. The molecule has 0 bridgehead atoms. The minimum absolute atomic E-state index is 0.0124. The summed E-state index contributed by atoms with van der Waals surface area (Å²) < 4.78 is 0. The first kappa shape index (κ1) is 13.9. The lowest BCUT2D eigenvalue weighted by atomic mass is 10.1. The van der Waals surface area contributed by atoms with E-state index in [0.29, 0.717) is 5.56 Å². The van der Waals surface area contributed by atoms with Crippen LogP contribution < -0.4 is 5.43 Å². The van der Waals surface area contributed by atoms with Crippen molar-refractivity contribution in [3.63, 3.8) is 0 Å². The van der Waals surface area contributed by atoms with Crippen molar-refractivity contribution >= 4 is 22.8 Å². The van der Waals surface area contributed by atoms with Crippen LogP contribution in [0.15, 0.2) is 53.6 Å². The third-order valence-corrected chi connectivity index (χ3v) is 3.25. The van der Waals surface area contributed by atoms with E-state index in [9.17, 15) is 10.2 Å². The Morgan fingerprint density at radius 3 is 2.73 bits per heavy atom. The van der Waals surface area contributed by atoms with Crippen LogP contribution in [0.5, 0.6) is 11.5 Å². The van der Waals surface area contributed by atoms with Gasteiger partial charge in [-0.25, -0.2) is 0 Å². The van der Waals surface area contributed by atoms with Gasteiger partial charge in [0.15, 0.2) is 0 Å². The molecule has 110 valence electrons. The van der Waals surface area contributed by atoms with Gasteiger partial charge in [-0.3, -0.25) is 10.4 Å². The molecule has 0 aliphatic carbocycles. The zero-order valence-corrected chi connectivity index (χ0v) is 12.0. The Morgan fingerprint density at radius 1 is 1.09 bits per heavy atom. The van der Waals surface area contributed by atoms with Crippen molar-refractivity contribution in [1.29, 1.82) is 0 Å². The summed E-state index contributed by atoms with van der Waals surface area (Å²) in [4.78, 5) is 4.47. The molecule has 0 amide bonds. The molecular formula is C17H15N3O2. The van der Waals surface area contributed by atoms with Gasteiger partial charge in [-0.1, -0.05) is 18.2 Å². The van der Waals surface area contributed by atoms with E-state index >= 15 is 0 Å². The second-order valence-corrected chi connectivity index (χ2v) is 4.94. The van der Waals surface area contributed by atoms with Gasteiger partial charge in [-0.15, -0.1) is 0 Å². The number of para-hydroxylation sites is 1. The number of anilines is 1. The van der Waals surface area contributed by atoms with Crippen LogP contribution in [-0.2, 0) is 0 Å². The number of aromatic hydroxyl groups is 2. The second kappa shape index (κ2) is 5.73. The first-order valence-electron chi connectivity index (χ1n) is 6.81. The summed E-state index contributed by atoms with van der Waals surface area (Å²) in [5, 5.41) is 24.1. The molecule has 5 nitrogen and oxygen atoms in total. The molecule has 0 saturated heterocycles. The number of hydrazone groups is 1. The Hall–Kier alpha value is -3.08. The number of pyridine rings is 1. The lowest BCUT2D eigenvalue weighted by molar-refractivity contribution is 0.450.